The standard InChI is InChI=1S/C23H27ClN2O6/c1-29-18-6-4-5-7-19(18)32-14-23(28)26(15-8-9-15)11-10-22(27)25-17-13-20(30-2)16(24)12-21(17)31-3/h4-7,12-13,15H,8-11,14H2,1-3H3,(H,25,27). The topological polar surface area (TPSA) is 86.3 Å². The van der Waals surface area contributed by atoms with E-state index in [1.54, 1.807) is 36.3 Å². The van der Waals surface area contributed by atoms with Crippen molar-refractivity contribution in [3.8, 4) is 23.0 Å². The fourth-order valence-corrected chi connectivity index (χ4v) is 3.48. The molecular weight excluding hydrogens is 436 g/mol. The molecule has 3 rings (SSSR count). The summed E-state index contributed by atoms with van der Waals surface area (Å²) in [5.41, 5.74) is 0.447. The van der Waals surface area contributed by atoms with Gasteiger partial charge in [0.1, 0.15) is 11.5 Å². The molecule has 1 fully saturated rings. The SMILES string of the molecule is COc1cc(NC(=O)CCN(C(=O)COc2ccccc2OC)C2CC2)c(OC)cc1Cl. The van der Waals surface area contributed by atoms with E-state index in [1.807, 2.05) is 12.1 Å². The van der Waals surface area contributed by atoms with Crippen molar-refractivity contribution in [2.24, 2.45) is 0 Å². The van der Waals surface area contributed by atoms with Gasteiger partial charge < -0.3 is 29.2 Å². The lowest BCUT2D eigenvalue weighted by Gasteiger charge is -2.22. The summed E-state index contributed by atoms with van der Waals surface area (Å²) in [6, 6.07) is 10.5. The summed E-state index contributed by atoms with van der Waals surface area (Å²) >= 11 is 6.11. The second kappa shape index (κ2) is 10.9. The van der Waals surface area contributed by atoms with E-state index < -0.39 is 0 Å². The van der Waals surface area contributed by atoms with Crippen LogP contribution in [0.1, 0.15) is 19.3 Å². The van der Waals surface area contributed by atoms with Crippen molar-refractivity contribution in [2.75, 3.05) is 39.8 Å². The number of ether oxygens (including phenoxy) is 4. The third-order valence-corrected chi connectivity index (χ3v) is 5.35. The molecule has 0 bridgehead atoms. The molecule has 0 spiro atoms. The van der Waals surface area contributed by atoms with Gasteiger partial charge in [0.15, 0.2) is 18.1 Å². The van der Waals surface area contributed by atoms with Gasteiger partial charge in [0.05, 0.1) is 32.0 Å². The fourth-order valence-electron chi connectivity index (χ4n) is 3.25. The first-order valence-electron chi connectivity index (χ1n) is 10.2. The summed E-state index contributed by atoms with van der Waals surface area (Å²) in [6.07, 6.45) is 1.97. The van der Waals surface area contributed by atoms with Crippen molar-refractivity contribution < 1.29 is 28.5 Å². The highest BCUT2D eigenvalue weighted by Gasteiger charge is 2.33. The largest absolute Gasteiger partial charge is 0.495 e. The number of methoxy groups -OCH3 is 3. The predicted molar refractivity (Wildman–Crippen MR) is 121 cm³/mol. The fraction of sp³-hybridized carbons (Fsp3) is 0.391. The Balaban J connectivity index is 1.58. The molecule has 9 heteroatoms. The van der Waals surface area contributed by atoms with Gasteiger partial charge in [0.2, 0.25) is 5.91 Å². The van der Waals surface area contributed by atoms with Gasteiger partial charge in [-0.1, -0.05) is 23.7 Å². The van der Waals surface area contributed by atoms with Crippen LogP contribution in [0.15, 0.2) is 36.4 Å². The molecule has 1 aliphatic carbocycles. The number of anilines is 1. The predicted octanol–water partition coefficient (Wildman–Crippen LogP) is 3.76. The van der Waals surface area contributed by atoms with Crippen molar-refractivity contribution in [1.82, 2.24) is 4.90 Å². The van der Waals surface area contributed by atoms with Crippen LogP contribution in [0.4, 0.5) is 5.69 Å². The van der Waals surface area contributed by atoms with Crippen LogP contribution >= 0.6 is 11.6 Å². The van der Waals surface area contributed by atoms with Crippen LogP contribution in [0.2, 0.25) is 5.02 Å². The van der Waals surface area contributed by atoms with Crippen molar-refractivity contribution in [1.29, 1.82) is 0 Å². The number of nitrogens with zero attached hydrogens (tertiary/aromatic N) is 1. The van der Waals surface area contributed by atoms with Gasteiger partial charge >= 0.3 is 0 Å². The van der Waals surface area contributed by atoms with Crippen LogP contribution in [-0.2, 0) is 9.59 Å². The van der Waals surface area contributed by atoms with Gasteiger partial charge in [-0.15, -0.1) is 0 Å². The summed E-state index contributed by atoms with van der Waals surface area (Å²) in [6.45, 7) is 0.165. The maximum atomic E-state index is 12.8. The van der Waals surface area contributed by atoms with E-state index in [0.29, 0.717) is 33.7 Å². The van der Waals surface area contributed by atoms with E-state index >= 15 is 0 Å². The molecule has 0 radical (unpaired) electrons. The third kappa shape index (κ3) is 5.97. The van der Waals surface area contributed by atoms with Gasteiger partial charge in [0, 0.05) is 31.1 Å². The van der Waals surface area contributed by atoms with Crippen molar-refractivity contribution in [2.45, 2.75) is 25.3 Å². The molecule has 0 heterocycles. The van der Waals surface area contributed by atoms with Crippen LogP contribution in [0, 0.1) is 0 Å². The second-order valence-corrected chi connectivity index (χ2v) is 7.65. The van der Waals surface area contributed by atoms with Gasteiger partial charge in [-0.3, -0.25) is 9.59 Å². The lowest BCUT2D eigenvalue weighted by atomic mass is 10.2. The number of hydrogen-bond donors (Lipinski definition) is 1. The molecule has 2 aromatic rings. The van der Waals surface area contributed by atoms with Crippen LogP contribution in [-0.4, -0.2) is 57.2 Å². The molecule has 0 aromatic heterocycles. The Labute approximate surface area is 192 Å². The molecule has 32 heavy (non-hydrogen) atoms. The molecule has 2 aromatic carbocycles. The number of hydrogen-bond acceptors (Lipinski definition) is 6. The molecule has 0 saturated heterocycles. The Morgan fingerprint density at radius 2 is 1.66 bits per heavy atom. The maximum absolute atomic E-state index is 12.8. The molecule has 172 valence electrons. The first-order valence-corrected chi connectivity index (χ1v) is 10.6. The number of carbonyl (C=O) groups excluding carboxylic acids is 2. The minimum Gasteiger partial charge on any atom is -0.495 e. The number of nitrogens with one attached hydrogen (secondary N) is 1. The monoisotopic (exact) mass is 462 g/mol. The summed E-state index contributed by atoms with van der Waals surface area (Å²) in [5.74, 6) is 1.48. The molecule has 8 nitrogen and oxygen atoms in total. The van der Waals surface area contributed by atoms with Crippen LogP contribution in [0.25, 0.3) is 0 Å². The van der Waals surface area contributed by atoms with E-state index in [-0.39, 0.29) is 37.4 Å². The normalized spacial score (nSPS) is 12.6. The zero-order chi connectivity index (χ0) is 23.1. The summed E-state index contributed by atoms with van der Waals surface area (Å²) in [7, 11) is 4.53. The maximum Gasteiger partial charge on any atom is 0.260 e. The molecule has 0 aliphatic heterocycles. The van der Waals surface area contributed by atoms with Crippen LogP contribution in [0.3, 0.4) is 0 Å². The van der Waals surface area contributed by atoms with Gasteiger partial charge in [0.25, 0.3) is 5.91 Å². The second-order valence-electron chi connectivity index (χ2n) is 7.24. The molecule has 1 N–H and O–H groups in total. The average molecular weight is 463 g/mol. The Bertz CT molecular complexity index is 963. The smallest absolute Gasteiger partial charge is 0.260 e. The zero-order valence-electron chi connectivity index (χ0n) is 18.4. The number of rotatable bonds is 11. The molecule has 0 unspecified atom stereocenters. The average Bonchev–Trinajstić information content (AvgIpc) is 3.64. The summed E-state index contributed by atoms with van der Waals surface area (Å²) in [4.78, 5) is 27.0. The number of amides is 2. The number of halogens is 1. The van der Waals surface area contributed by atoms with Crippen LogP contribution < -0.4 is 24.3 Å². The molecule has 1 aliphatic rings. The first kappa shape index (κ1) is 23.5. The summed E-state index contributed by atoms with van der Waals surface area (Å²) < 4.78 is 21.4. The molecule has 1 saturated carbocycles. The Morgan fingerprint density at radius 1 is 1.00 bits per heavy atom. The van der Waals surface area contributed by atoms with E-state index in [0.717, 1.165) is 12.8 Å². The Hall–Kier alpha value is -3.13. The zero-order valence-corrected chi connectivity index (χ0v) is 19.1. The van der Waals surface area contributed by atoms with Crippen molar-refractivity contribution in [3.63, 3.8) is 0 Å². The third-order valence-electron chi connectivity index (χ3n) is 5.06. The quantitative estimate of drug-likeness (QED) is 0.547. The number of benzene rings is 2. The van der Waals surface area contributed by atoms with Crippen molar-refractivity contribution >= 4 is 29.1 Å². The van der Waals surface area contributed by atoms with E-state index in [9.17, 15) is 9.59 Å². The molecule has 0 atom stereocenters. The number of carbonyl (C=O) groups is 2. The lowest BCUT2D eigenvalue weighted by Crippen LogP contribution is -2.38. The lowest BCUT2D eigenvalue weighted by molar-refractivity contribution is -0.134. The van der Waals surface area contributed by atoms with Crippen LogP contribution in [0.5, 0.6) is 23.0 Å². The van der Waals surface area contributed by atoms with Gasteiger partial charge in [-0.2, -0.15) is 0 Å². The van der Waals surface area contributed by atoms with Gasteiger partial charge in [-0.05, 0) is 25.0 Å². The highest BCUT2D eigenvalue weighted by atomic mass is 35.5. The number of para-hydroxylation sites is 2. The Kier molecular flexibility index (Phi) is 8.05. The summed E-state index contributed by atoms with van der Waals surface area (Å²) in [5, 5.41) is 3.18. The van der Waals surface area contributed by atoms with E-state index in [1.165, 1.54) is 14.2 Å². The molecule has 2 amide bonds. The van der Waals surface area contributed by atoms with E-state index in [4.69, 9.17) is 30.5 Å². The van der Waals surface area contributed by atoms with E-state index in [2.05, 4.69) is 5.32 Å². The van der Waals surface area contributed by atoms with Gasteiger partial charge in [-0.25, -0.2) is 0 Å². The first-order chi connectivity index (χ1) is 15.5. The highest BCUT2D eigenvalue weighted by molar-refractivity contribution is 6.32. The Morgan fingerprint density at radius 3 is 2.28 bits per heavy atom. The minimum atomic E-state index is -0.253. The minimum absolute atomic E-state index is 0.124. The highest BCUT2D eigenvalue weighted by Crippen LogP contribution is 2.36. The molecular formula is C23H27ClN2O6. The van der Waals surface area contributed by atoms with Crippen molar-refractivity contribution in [3.05, 3.63) is 41.4 Å².